The van der Waals surface area contributed by atoms with Gasteiger partial charge in [0.05, 0.1) is 5.54 Å². The van der Waals surface area contributed by atoms with Crippen LogP contribution in [0.2, 0.25) is 0 Å². The van der Waals surface area contributed by atoms with E-state index >= 15 is 0 Å². The van der Waals surface area contributed by atoms with Crippen molar-refractivity contribution < 1.29 is 19.4 Å². The lowest BCUT2D eigenvalue weighted by atomic mass is 9.99. The van der Waals surface area contributed by atoms with Crippen LogP contribution in [-0.4, -0.2) is 27.6 Å². The van der Waals surface area contributed by atoms with Crippen LogP contribution in [0.5, 0.6) is 17.2 Å². The number of hydrogen-bond donors (Lipinski definition) is 4. The Hall–Kier alpha value is -4.51. The monoisotopic (exact) mass is 466 g/mol. The largest absolute Gasteiger partial charge is 0.508 e. The number of anilines is 2. The minimum Gasteiger partial charge on any atom is -0.508 e. The molecule has 3 aliphatic rings. The maximum absolute atomic E-state index is 12.6. The number of nitrogens with one attached hydrogen (secondary N) is 3. The summed E-state index contributed by atoms with van der Waals surface area (Å²) in [4.78, 5) is 28.5. The van der Waals surface area contributed by atoms with Crippen LogP contribution < -0.4 is 20.7 Å². The lowest BCUT2D eigenvalue weighted by Crippen LogP contribution is -2.36. The van der Waals surface area contributed by atoms with Crippen molar-refractivity contribution in [2.75, 3.05) is 10.6 Å². The number of aromatic hydroxyl groups is 1. The van der Waals surface area contributed by atoms with E-state index < -0.39 is 0 Å². The number of phenolic OH excluding ortho intramolecular Hbond substituents is 1. The molecule has 174 valence electrons. The first-order valence-corrected chi connectivity index (χ1v) is 11.4. The fraction of sp³-hybridized carbons (Fsp3) is 0.222. The van der Waals surface area contributed by atoms with Crippen LogP contribution in [0.25, 0.3) is 0 Å². The van der Waals surface area contributed by atoms with Crippen molar-refractivity contribution in [2.45, 2.75) is 30.7 Å². The number of aromatic nitrogens is 1. The predicted molar refractivity (Wildman–Crippen MR) is 129 cm³/mol. The zero-order chi connectivity index (χ0) is 24.2. The highest BCUT2D eigenvalue weighted by Gasteiger charge is 2.80. The van der Waals surface area contributed by atoms with Crippen LogP contribution in [0.15, 0.2) is 54.7 Å². The van der Waals surface area contributed by atoms with Gasteiger partial charge in [-0.3, -0.25) is 4.79 Å². The molecule has 0 spiro atoms. The molecule has 2 fully saturated rings. The van der Waals surface area contributed by atoms with Gasteiger partial charge in [0.15, 0.2) is 0 Å². The summed E-state index contributed by atoms with van der Waals surface area (Å²) < 4.78 is 6.13. The van der Waals surface area contributed by atoms with E-state index in [2.05, 4.69) is 26.9 Å². The molecule has 2 aromatic carbocycles. The number of nitrogens with zero attached hydrogens (tertiary/aromatic N) is 1. The van der Waals surface area contributed by atoms with Crippen molar-refractivity contribution >= 4 is 23.4 Å². The summed E-state index contributed by atoms with van der Waals surface area (Å²) in [6.07, 6.45) is 8.81. The minimum atomic E-state index is -0.357. The number of phenols is 1. The summed E-state index contributed by atoms with van der Waals surface area (Å²) in [5, 5.41) is 19.2. The van der Waals surface area contributed by atoms with Crippen molar-refractivity contribution in [3.05, 3.63) is 71.4 Å². The molecule has 8 nitrogen and oxygen atoms in total. The van der Waals surface area contributed by atoms with Gasteiger partial charge in [0.2, 0.25) is 5.91 Å². The molecule has 3 unspecified atom stereocenters. The number of pyridine rings is 1. The number of ether oxygens (including phenoxy) is 1. The first-order chi connectivity index (χ1) is 17.0. The second-order valence-electron chi connectivity index (χ2n) is 9.14. The van der Waals surface area contributed by atoms with Gasteiger partial charge in [-0.15, -0.1) is 6.42 Å². The van der Waals surface area contributed by atoms with E-state index in [1.54, 1.807) is 48.7 Å². The zero-order valence-corrected chi connectivity index (χ0v) is 18.7. The Morgan fingerprint density at radius 1 is 1.23 bits per heavy atom. The summed E-state index contributed by atoms with van der Waals surface area (Å²) in [7, 11) is 0. The van der Waals surface area contributed by atoms with Crippen LogP contribution in [0.4, 0.5) is 16.3 Å². The maximum Gasteiger partial charge on any atom is 0.319 e. The molecule has 2 saturated carbocycles. The summed E-state index contributed by atoms with van der Waals surface area (Å²) in [5.41, 5.74) is 2.54. The SMILES string of the molecule is C#Cc1cccc(NC(=O)NC23CC2C3c2cc(Oc3ccnc4c3CCC(=O)N4)ccc2O)c1. The summed E-state index contributed by atoms with van der Waals surface area (Å²) in [5.74, 6) is 4.65. The number of benzene rings is 2. The fourth-order valence-electron chi connectivity index (χ4n) is 5.01. The number of amides is 3. The molecular formula is C27H22N4O4. The van der Waals surface area contributed by atoms with Crippen molar-refractivity contribution in [2.24, 2.45) is 5.92 Å². The molecule has 35 heavy (non-hydrogen) atoms. The van der Waals surface area contributed by atoms with Gasteiger partial charge >= 0.3 is 6.03 Å². The number of hydrogen-bond acceptors (Lipinski definition) is 5. The van der Waals surface area contributed by atoms with Gasteiger partial charge in [0, 0.05) is 40.9 Å². The van der Waals surface area contributed by atoms with E-state index in [1.807, 2.05) is 6.07 Å². The fourth-order valence-corrected chi connectivity index (χ4v) is 5.01. The van der Waals surface area contributed by atoms with E-state index in [0.717, 1.165) is 17.5 Å². The molecule has 0 radical (unpaired) electrons. The van der Waals surface area contributed by atoms with Gasteiger partial charge in [-0.1, -0.05) is 12.0 Å². The van der Waals surface area contributed by atoms with Crippen LogP contribution >= 0.6 is 0 Å². The topological polar surface area (TPSA) is 113 Å². The van der Waals surface area contributed by atoms with Crippen LogP contribution in [0, 0.1) is 18.3 Å². The molecule has 3 atom stereocenters. The van der Waals surface area contributed by atoms with E-state index in [-0.39, 0.29) is 35.1 Å². The Labute approximate surface area is 201 Å². The second-order valence-corrected chi connectivity index (χ2v) is 9.14. The number of carbonyl (C=O) groups is 2. The first kappa shape index (κ1) is 21.1. The van der Waals surface area contributed by atoms with Gasteiger partial charge in [-0.05, 0) is 61.2 Å². The Balaban J connectivity index is 1.17. The lowest BCUT2D eigenvalue weighted by Gasteiger charge is -2.20. The third-order valence-electron chi connectivity index (χ3n) is 6.98. The average Bonchev–Trinajstić information content (AvgIpc) is 3.71. The maximum atomic E-state index is 12.6. The molecule has 1 aromatic heterocycles. The molecule has 0 saturated heterocycles. The Morgan fingerprint density at radius 2 is 2.11 bits per heavy atom. The Morgan fingerprint density at radius 3 is 2.94 bits per heavy atom. The van der Waals surface area contributed by atoms with Gasteiger partial charge in [-0.25, -0.2) is 9.78 Å². The summed E-state index contributed by atoms with van der Waals surface area (Å²) in [6, 6.07) is 13.7. The first-order valence-electron chi connectivity index (χ1n) is 11.4. The van der Waals surface area contributed by atoms with Gasteiger partial charge in [-0.2, -0.15) is 0 Å². The van der Waals surface area contributed by atoms with E-state index in [9.17, 15) is 14.7 Å². The van der Waals surface area contributed by atoms with E-state index in [4.69, 9.17) is 11.2 Å². The summed E-state index contributed by atoms with van der Waals surface area (Å²) >= 11 is 0. The number of urea groups is 1. The molecule has 4 N–H and O–H groups in total. The molecule has 1 aliphatic heterocycles. The van der Waals surface area contributed by atoms with E-state index in [0.29, 0.717) is 41.4 Å². The van der Waals surface area contributed by atoms with Crippen molar-refractivity contribution in [1.82, 2.24) is 10.3 Å². The van der Waals surface area contributed by atoms with Crippen LogP contribution in [0.1, 0.15) is 35.4 Å². The molecule has 3 aromatic rings. The number of fused-ring (bicyclic) bond motifs is 2. The van der Waals surface area contributed by atoms with Crippen molar-refractivity contribution in [3.63, 3.8) is 0 Å². The highest BCUT2D eigenvalue weighted by atomic mass is 16.5. The van der Waals surface area contributed by atoms with Gasteiger partial charge in [0.25, 0.3) is 0 Å². The standard InChI is InChI=1S/C27H22N4O4/c1-2-15-4-3-5-16(12-15)29-26(34)31-27-14-20(27)24(27)19-13-17(6-8-21(19)32)35-22-10-11-28-25-18(22)7-9-23(33)30-25/h1,3-6,8,10-13,20,24,32H,7,9,14H2,(H,28,30,33)(H2,29,31,34). The normalized spacial score (nSPS) is 23.1. The highest BCUT2D eigenvalue weighted by molar-refractivity contribution is 5.93. The minimum absolute atomic E-state index is 0.0134. The van der Waals surface area contributed by atoms with Crippen molar-refractivity contribution in [3.8, 4) is 29.6 Å². The zero-order valence-electron chi connectivity index (χ0n) is 18.7. The smallest absolute Gasteiger partial charge is 0.319 e. The number of rotatable bonds is 5. The van der Waals surface area contributed by atoms with Gasteiger partial charge < -0.3 is 25.8 Å². The molecule has 2 heterocycles. The second kappa shape index (κ2) is 7.77. The highest BCUT2D eigenvalue weighted by Crippen LogP contribution is 2.77. The molecule has 8 heteroatoms. The molecule has 0 bridgehead atoms. The van der Waals surface area contributed by atoms with Crippen LogP contribution in [0.3, 0.4) is 0 Å². The molecular weight excluding hydrogens is 444 g/mol. The number of carbonyl (C=O) groups excluding carboxylic acids is 2. The third-order valence-corrected chi connectivity index (χ3v) is 6.98. The average molecular weight is 466 g/mol. The van der Waals surface area contributed by atoms with Crippen molar-refractivity contribution in [1.29, 1.82) is 0 Å². The summed E-state index contributed by atoms with van der Waals surface area (Å²) in [6.45, 7) is 0. The lowest BCUT2D eigenvalue weighted by molar-refractivity contribution is -0.116. The Kier molecular flexibility index (Phi) is 4.68. The van der Waals surface area contributed by atoms with Gasteiger partial charge in [0.1, 0.15) is 23.1 Å². The van der Waals surface area contributed by atoms with E-state index in [1.165, 1.54) is 0 Å². The molecule has 6 rings (SSSR count). The predicted octanol–water partition coefficient (Wildman–Crippen LogP) is 4.12. The molecule has 2 aliphatic carbocycles. The quantitative estimate of drug-likeness (QED) is 0.423. The third kappa shape index (κ3) is 3.71. The Bertz CT molecular complexity index is 1430. The molecule has 3 amide bonds. The van der Waals surface area contributed by atoms with Crippen LogP contribution in [-0.2, 0) is 11.2 Å². The number of terminal acetylenes is 1.